The fourth-order valence-corrected chi connectivity index (χ4v) is 1.67. The van der Waals surface area contributed by atoms with E-state index in [0.29, 0.717) is 16.3 Å². The van der Waals surface area contributed by atoms with Crippen LogP contribution in [-0.4, -0.2) is 17.8 Å². The van der Waals surface area contributed by atoms with E-state index < -0.39 is 5.82 Å². The summed E-state index contributed by atoms with van der Waals surface area (Å²) >= 11 is 7.03. The van der Waals surface area contributed by atoms with E-state index in [1.165, 1.54) is 17.8 Å². The number of carbonyl (C=O) groups excluding carboxylic acids is 1. The minimum Gasteiger partial charge on any atom is -0.298 e. The number of thioether (sulfide) groups is 1. The Morgan fingerprint density at radius 1 is 1.57 bits per heavy atom. The first-order valence-corrected chi connectivity index (χ1v) is 5.85. The van der Waals surface area contributed by atoms with Crippen LogP contribution >= 0.6 is 23.4 Å². The number of Topliss-reactive ketones (excluding diaryl/α,β-unsaturated/α-hetero) is 1. The standard InChI is InChI=1S/C10H10ClFOS/c1-14-6-9(13)4-7-2-3-8(11)5-10(7)12/h2-3,5H,4,6H2,1H3. The average Bonchev–Trinajstić information content (AvgIpc) is 2.10. The zero-order chi connectivity index (χ0) is 10.6. The molecule has 76 valence electrons. The van der Waals surface area contributed by atoms with Gasteiger partial charge in [0, 0.05) is 11.4 Å². The number of rotatable bonds is 4. The summed E-state index contributed by atoms with van der Waals surface area (Å²) in [6, 6.07) is 4.37. The summed E-state index contributed by atoms with van der Waals surface area (Å²) in [5, 5.41) is 0.351. The van der Waals surface area contributed by atoms with Crippen molar-refractivity contribution in [2.24, 2.45) is 0 Å². The minimum absolute atomic E-state index is 0.0266. The SMILES string of the molecule is CSCC(=O)Cc1ccc(Cl)cc1F. The number of benzene rings is 1. The van der Waals surface area contributed by atoms with Crippen molar-refractivity contribution in [3.8, 4) is 0 Å². The van der Waals surface area contributed by atoms with E-state index in [-0.39, 0.29) is 12.2 Å². The topological polar surface area (TPSA) is 17.1 Å². The molecule has 0 aliphatic carbocycles. The van der Waals surface area contributed by atoms with Gasteiger partial charge in [0.25, 0.3) is 0 Å². The monoisotopic (exact) mass is 232 g/mol. The number of carbonyl (C=O) groups is 1. The van der Waals surface area contributed by atoms with Crippen molar-refractivity contribution in [1.82, 2.24) is 0 Å². The first-order valence-electron chi connectivity index (χ1n) is 4.08. The van der Waals surface area contributed by atoms with E-state index in [1.807, 2.05) is 6.26 Å². The van der Waals surface area contributed by atoms with Crippen LogP contribution in [0.15, 0.2) is 18.2 Å². The lowest BCUT2D eigenvalue weighted by Crippen LogP contribution is -2.06. The van der Waals surface area contributed by atoms with E-state index >= 15 is 0 Å². The van der Waals surface area contributed by atoms with Crippen molar-refractivity contribution >= 4 is 29.1 Å². The average molecular weight is 233 g/mol. The Kier molecular flexibility index (Phi) is 4.42. The number of halogens is 2. The van der Waals surface area contributed by atoms with E-state index in [4.69, 9.17) is 11.6 Å². The fraction of sp³-hybridized carbons (Fsp3) is 0.300. The van der Waals surface area contributed by atoms with Gasteiger partial charge in [-0.15, -0.1) is 0 Å². The molecule has 4 heteroatoms. The number of hydrogen-bond acceptors (Lipinski definition) is 2. The maximum absolute atomic E-state index is 13.2. The normalized spacial score (nSPS) is 10.2. The number of hydrogen-bond donors (Lipinski definition) is 0. The maximum atomic E-state index is 13.2. The largest absolute Gasteiger partial charge is 0.298 e. The van der Waals surface area contributed by atoms with Crippen LogP contribution < -0.4 is 0 Å². The predicted molar refractivity (Wildman–Crippen MR) is 58.5 cm³/mol. The molecule has 0 atom stereocenters. The smallest absolute Gasteiger partial charge is 0.147 e. The van der Waals surface area contributed by atoms with Crippen molar-refractivity contribution in [3.63, 3.8) is 0 Å². The molecule has 0 heterocycles. The van der Waals surface area contributed by atoms with Gasteiger partial charge < -0.3 is 0 Å². The summed E-state index contributed by atoms with van der Waals surface area (Å²) in [6.45, 7) is 0. The Balaban J connectivity index is 2.72. The Hall–Kier alpha value is -0.540. The van der Waals surface area contributed by atoms with E-state index in [9.17, 15) is 9.18 Å². The first kappa shape index (κ1) is 11.5. The van der Waals surface area contributed by atoms with Crippen LogP contribution in [0.3, 0.4) is 0 Å². The van der Waals surface area contributed by atoms with E-state index in [0.717, 1.165) is 0 Å². The minimum atomic E-state index is -0.410. The van der Waals surface area contributed by atoms with Gasteiger partial charge in [0.15, 0.2) is 0 Å². The third-order valence-corrected chi connectivity index (χ3v) is 2.55. The molecule has 0 amide bonds. The molecule has 0 aromatic heterocycles. The quantitative estimate of drug-likeness (QED) is 0.794. The van der Waals surface area contributed by atoms with Gasteiger partial charge in [0.2, 0.25) is 0 Å². The molecule has 0 N–H and O–H groups in total. The molecule has 0 aliphatic heterocycles. The van der Waals surface area contributed by atoms with E-state index in [2.05, 4.69) is 0 Å². The second kappa shape index (κ2) is 5.37. The summed E-state index contributed by atoms with van der Waals surface area (Å²) in [5.74, 6) is 0.0351. The molecule has 1 nitrogen and oxygen atoms in total. The summed E-state index contributed by atoms with van der Waals surface area (Å²) in [7, 11) is 0. The fourth-order valence-electron chi connectivity index (χ4n) is 1.09. The van der Waals surface area contributed by atoms with Crippen LogP contribution in [0.1, 0.15) is 5.56 Å². The molecule has 0 radical (unpaired) electrons. The molecule has 0 spiro atoms. The van der Waals surface area contributed by atoms with Crippen LogP contribution in [-0.2, 0) is 11.2 Å². The van der Waals surface area contributed by atoms with Crippen molar-refractivity contribution in [3.05, 3.63) is 34.6 Å². The lowest BCUT2D eigenvalue weighted by molar-refractivity contribution is -0.116. The predicted octanol–water partition coefficient (Wildman–Crippen LogP) is 2.95. The van der Waals surface area contributed by atoms with E-state index in [1.54, 1.807) is 12.1 Å². The maximum Gasteiger partial charge on any atom is 0.147 e. The highest BCUT2D eigenvalue weighted by atomic mass is 35.5. The third kappa shape index (κ3) is 3.31. The molecule has 0 saturated heterocycles. The van der Waals surface area contributed by atoms with Gasteiger partial charge in [-0.2, -0.15) is 11.8 Å². The molecule has 0 saturated carbocycles. The third-order valence-electron chi connectivity index (χ3n) is 1.71. The van der Waals surface area contributed by atoms with Crippen molar-refractivity contribution in [1.29, 1.82) is 0 Å². The van der Waals surface area contributed by atoms with Crippen molar-refractivity contribution < 1.29 is 9.18 Å². The van der Waals surface area contributed by atoms with Gasteiger partial charge in [-0.05, 0) is 24.0 Å². The van der Waals surface area contributed by atoms with Crippen LogP contribution in [0.2, 0.25) is 5.02 Å². The summed E-state index contributed by atoms with van der Waals surface area (Å²) in [6.07, 6.45) is 1.99. The first-order chi connectivity index (χ1) is 6.63. The second-order valence-electron chi connectivity index (χ2n) is 2.88. The molecule has 1 aromatic carbocycles. The summed E-state index contributed by atoms with van der Waals surface area (Å²) in [4.78, 5) is 11.2. The van der Waals surface area contributed by atoms with Crippen LogP contribution in [0.4, 0.5) is 4.39 Å². The van der Waals surface area contributed by atoms with Crippen LogP contribution in [0, 0.1) is 5.82 Å². The number of ketones is 1. The van der Waals surface area contributed by atoms with Gasteiger partial charge in [-0.25, -0.2) is 4.39 Å². The Bertz CT molecular complexity index is 341. The molecule has 0 fully saturated rings. The van der Waals surface area contributed by atoms with Gasteiger partial charge >= 0.3 is 0 Å². The molecule has 1 rings (SSSR count). The molecule has 0 unspecified atom stereocenters. The van der Waals surface area contributed by atoms with Crippen LogP contribution in [0.5, 0.6) is 0 Å². The summed E-state index contributed by atoms with van der Waals surface area (Å²) in [5.41, 5.74) is 0.411. The molecular weight excluding hydrogens is 223 g/mol. The molecule has 1 aromatic rings. The molecule has 0 bridgehead atoms. The second-order valence-corrected chi connectivity index (χ2v) is 4.19. The summed E-state index contributed by atoms with van der Waals surface area (Å²) < 4.78 is 13.2. The highest BCUT2D eigenvalue weighted by molar-refractivity contribution is 7.99. The molecule has 0 aliphatic rings. The molecular formula is C10H10ClFOS. The van der Waals surface area contributed by atoms with Crippen LogP contribution in [0.25, 0.3) is 0 Å². The Morgan fingerprint density at radius 3 is 2.86 bits per heavy atom. The highest BCUT2D eigenvalue weighted by Gasteiger charge is 2.07. The van der Waals surface area contributed by atoms with Gasteiger partial charge in [-0.3, -0.25) is 4.79 Å². The lowest BCUT2D eigenvalue weighted by Gasteiger charge is -2.01. The van der Waals surface area contributed by atoms with Crippen molar-refractivity contribution in [2.45, 2.75) is 6.42 Å². The highest BCUT2D eigenvalue weighted by Crippen LogP contribution is 2.15. The molecule has 14 heavy (non-hydrogen) atoms. The zero-order valence-corrected chi connectivity index (χ0v) is 9.29. The lowest BCUT2D eigenvalue weighted by atomic mass is 10.1. The van der Waals surface area contributed by atoms with Crippen molar-refractivity contribution in [2.75, 3.05) is 12.0 Å². The van der Waals surface area contributed by atoms with Gasteiger partial charge in [-0.1, -0.05) is 17.7 Å². The Labute approximate surface area is 91.6 Å². The zero-order valence-electron chi connectivity index (χ0n) is 7.72. The van der Waals surface area contributed by atoms with Gasteiger partial charge in [0.05, 0.1) is 5.75 Å². The van der Waals surface area contributed by atoms with Gasteiger partial charge in [0.1, 0.15) is 11.6 Å². The Morgan fingerprint density at radius 2 is 2.29 bits per heavy atom.